The van der Waals surface area contributed by atoms with Crippen molar-refractivity contribution in [2.45, 2.75) is 52.9 Å². The first kappa shape index (κ1) is 22.2. The zero-order chi connectivity index (χ0) is 19.5. The summed E-state index contributed by atoms with van der Waals surface area (Å²) in [7, 11) is 0. The van der Waals surface area contributed by atoms with Crippen LogP contribution in [0, 0.1) is 11.8 Å². The summed E-state index contributed by atoms with van der Waals surface area (Å²) in [4.78, 5) is 21.2. The van der Waals surface area contributed by atoms with Crippen molar-refractivity contribution in [2.75, 3.05) is 19.7 Å². The third kappa shape index (κ3) is 8.99. The molecule has 1 fully saturated rings. The maximum absolute atomic E-state index is 12.2. The summed E-state index contributed by atoms with van der Waals surface area (Å²) in [5, 5.41) is 10.8. The number of carbonyl (C=O) groups is 2. The van der Waals surface area contributed by atoms with Crippen molar-refractivity contribution in [1.29, 1.82) is 0 Å². The number of nitrogens with one attached hydrogen (secondary N) is 1. The van der Waals surface area contributed by atoms with Crippen molar-refractivity contribution in [3.8, 4) is 0 Å². The summed E-state index contributed by atoms with van der Waals surface area (Å²) >= 11 is 0. The predicted molar refractivity (Wildman–Crippen MR) is 103 cm³/mol. The van der Waals surface area contributed by atoms with Gasteiger partial charge in [0, 0.05) is 19.4 Å². The SMILES string of the molecule is CC(=O)O.CC(C)Cc1ccc(C(C)C(=O)OCC2CCCNC2)cc1. The third-order valence-corrected chi connectivity index (χ3v) is 4.34. The van der Waals surface area contributed by atoms with Crippen molar-refractivity contribution < 1.29 is 19.4 Å². The zero-order valence-electron chi connectivity index (χ0n) is 16.5. The fourth-order valence-electron chi connectivity index (χ4n) is 2.94. The van der Waals surface area contributed by atoms with Crippen LogP contribution >= 0.6 is 0 Å². The Labute approximate surface area is 157 Å². The number of hydrogen-bond donors (Lipinski definition) is 2. The van der Waals surface area contributed by atoms with Crippen LogP contribution in [0.3, 0.4) is 0 Å². The molecule has 0 amide bonds. The molecule has 2 rings (SSSR count). The summed E-state index contributed by atoms with van der Waals surface area (Å²) < 4.78 is 5.51. The molecule has 1 saturated heterocycles. The molecule has 2 N–H and O–H groups in total. The van der Waals surface area contributed by atoms with E-state index < -0.39 is 5.97 Å². The number of carboxylic acid groups (broad SMARTS) is 1. The normalized spacial score (nSPS) is 17.8. The van der Waals surface area contributed by atoms with Crippen LogP contribution in [0.1, 0.15) is 57.6 Å². The average molecular weight is 363 g/mol. The first-order valence-electron chi connectivity index (χ1n) is 9.45. The molecule has 0 spiro atoms. The molecule has 5 heteroatoms. The minimum Gasteiger partial charge on any atom is -0.481 e. The van der Waals surface area contributed by atoms with E-state index in [4.69, 9.17) is 14.6 Å². The minimum atomic E-state index is -0.833. The Kier molecular flexibility index (Phi) is 9.96. The molecule has 1 heterocycles. The molecular formula is C21H33NO4. The molecule has 2 unspecified atom stereocenters. The Morgan fingerprint density at radius 2 is 1.85 bits per heavy atom. The van der Waals surface area contributed by atoms with Crippen molar-refractivity contribution in [2.24, 2.45) is 11.8 Å². The molecule has 0 radical (unpaired) electrons. The van der Waals surface area contributed by atoms with Crippen LogP contribution in [-0.2, 0) is 20.7 Å². The number of aliphatic carboxylic acids is 1. The highest BCUT2D eigenvalue weighted by molar-refractivity contribution is 5.77. The van der Waals surface area contributed by atoms with Gasteiger partial charge in [0.2, 0.25) is 0 Å². The lowest BCUT2D eigenvalue weighted by Crippen LogP contribution is -2.33. The summed E-state index contributed by atoms with van der Waals surface area (Å²) in [6.45, 7) is 10.0. The molecule has 1 aliphatic heterocycles. The van der Waals surface area contributed by atoms with Gasteiger partial charge in [-0.3, -0.25) is 9.59 Å². The molecule has 26 heavy (non-hydrogen) atoms. The summed E-state index contributed by atoms with van der Waals surface area (Å²) in [6.07, 6.45) is 3.40. The predicted octanol–water partition coefficient (Wildman–Crippen LogP) is 3.62. The standard InChI is InChI=1S/C19H29NO2.C2H4O2/c1-14(2)11-16-6-8-18(9-7-16)15(3)19(21)22-13-17-5-4-10-20-12-17;1-2(3)4/h6-9,14-15,17,20H,4-5,10-13H2,1-3H3;1H3,(H,3,4). The smallest absolute Gasteiger partial charge is 0.313 e. The number of carboxylic acids is 1. The third-order valence-electron chi connectivity index (χ3n) is 4.34. The van der Waals surface area contributed by atoms with E-state index in [1.54, 1.807) is 0 Å². The number of esters is 1. The minimum absolute atomic E-state index is 0.109. The maximum Gasteiger partial charge on any atom is 0.313 e. The lowest BCUT2D eigenvalue weighted by atomic mass is 9.96. The van der Waals surface area contributed by atoms with E-state index in [9.17, 15) is 4.79 Å². The van der Waals surface area contributed by atoms with E-state index in [-0.39, 0.29) is 11.9 Å². The topological polar surface area (TPSA) is 75.6 Å². The van der Waals surface area contributed by atoms with Gasteiger partial charge >= 0.3 is 5.97 Å². The van der Waals surface area contributed by atoms with Crippen molar-refractivity contribution >= 4 is 11.9 Å². The fraction of sp³-hybridized carbons (Fsp3) is 0.619. The van der Waals surface area contributed by atoms with Crippen LogP contribution in [0.5, 0.6) is 0 Å². The van der Waals surface area contributed by atoms with E-state index in [1.807, 2.05) is 6.92 Å². The maximum atomic E-state index is 12.2. The molecule has 0 saturated carbocycles. The Morgan fingerprint density at radius 1 is 1.23 bits per heavy atom. The van der Waals surface area contributed by atoms with Gasteiger partial charge < -0.3 is 15.2 Å². The van der Waals surface area contributed by atoms with Crippen LogP contribution in [0.25, 0.3) is 0 Å². The van der Waals surface area contributed by atoms with E-state index in [2.05, 4.69) is 43.4 Å². The van der Waals surface area contributed by atoms with Crippen LogP contribution in [0.15, 0.2) is 24.3 Å². The Hall–Kier alpha value is -1.88. The van der Waals surface area contributed by atoms with E-state index in [1.165, 1.54) is 12.0 Å². The molecule has 5 nitrogen and oxygen atoms in total. The summed E-state index contributed by atoms with van der Waals surface area (Å²) in [6, 6.07) is 8.38. The number of ether oxygens (including phenoxy) is 1. The van der Waals surface area contributed by atoms with Crippen LogP contribution in [0.4, 0.5) is 0 Å². The van der Waals surface area contributed by atoms with Crippen LogP contribution in [-0.4, -0.2) is 36.7 Å². The first-order valence-corrected chi connectivity index (χ1v) is 9.45. The van der Waals surface area contributed by atoms with Crippen molar-refractivity contribution in [1.82, 2.24) is 5.32 Å². The lowest BCUT2D eigenvalue weighted by molar-refractivity contribution is -0.146. The number of rotatable bonds is 6. The van der Waals surface area contributed by atoms with Gasteiger partial charge in [0.1, 0.15) is 0 Å². The highest BCUT2D eigenvalue weighted by atomic mass is 16.5. The van der Waals surface area contributed by atoms with Gasteiger partial charge in [-0.15, -0.1) is 0 Å². The highest BCUT2D eigenvalue weighted by Gasteiger charge is 2.20. The first-order chi connectivity index (χ1) is 12.3. The summed E-state index contributed by atoms with van der Waals surface area (Å²) in [5.41, 5.74) is 2.37. The molecule has 1 aromatic rings. The van der Waals surface area contributed by atoms with Gasteiger partial charge in [-0.1, -0.05) is 38.1 Å². The molecule has 0 aliphatic carbocycles. The number of piperidine rings is 1. The van der Waals surface area contributed by atoms with E-state index in [0.29, 0.717) is 18.4 Å². The van der Waals surface area contributed by atoms with Crippen LogP contribution < -0.4 is 5.32 Å². The van der Waals surface area contributed by atoms with Gasteiger partial charge in [-0.2, -0.15) is 0 Å². The second-order valence-corrected chi connectivity index (χ2v) is 7.42. The molecule has 1 aliphatic rings. The van der Waals surface area contributed by atoms with Gasteiger partial charge in [-0.25, -0.2) is 0 Å². The van der Waals surface area contributed by atoms with E-state index >= 15 is 0 Å². The van der Waals surface area contributed by atoms with E-state index in [0.717, 1.165) is 38.4 Å². The van der Waals surface area contributed by atoms with Crippen LogP contribution in [0.2, 0.25) is 0 Å². The van der Waals surface area contributed by atoms with Crippen molar-refractivity contribution in [3.63, 3.8) is 0 Å². The quantitative estimate of drug-likeness (QED) is 0.755. The number of carbonyl (C=O) groups excluding carboxylic acids is 1. The summed E-state index contributed by atoms with van der Waals surface area (Å²) in [5.74, 6) is -0.0116. The van der Waals surface area contributed by atoms with Gasteiger partial charge in [0.25, 0.3) is 5.97 Å². The molecule has 2 atom stereocenters. The fourth-order valence-corrected chi connectivity index (χ4v) is 2.94. The Bertz CT molecular complexity index is 544. The molecule has 146 valence electrons. The monoisotopic (exact) mass is 363 g/mol. The average Bonchev–Trinajstić information content (AvgIpc) is 2.59. The molecule has 0 bridgehead atoms. The number of hydrogen-bond acceptors (Lipinski definition) is 4. The van der Waals surface area contributed by atoms with Gasteiger partial charge in [0.05, 0.1) is 12.5 Å². The molecular weight excluding hydrogens is 330 g/mol. The second kappa shape index (κ2) is 11.7. The second-order valence-electron chi connectivity index (χ2n) is 7.42. The highest BCUT2D eigenvalue weighted by Crippen LogP contribution is 2.20. The molecule has 0 aromatic heterocycles. The lowest BCUT2D eigenvalue weighted by Gasteiger charge is -2.23. The van der Waals surface area contributed by atoms with Gasteiger partial charge in [0.15, 0.2) is 0 Å². The zero-order valence-corrected chi connectivity index (χ0v) is 16.5. The number of benzene rings is 1. The largest absolute Gasteiger partial charge is 0.481 e. The Balaban J connectivity index is 0.000000765. The molecule has 1 aromatic carbocycles. The van der Waals surface area contributed by atoms with Crippen molar-refractivity contribution in [3.05, 3.63) is 35.4 Å². The Morgan fingerprint density at radius 3 is 2.35 bits per heavy atom. The van der Waals surface area contributed by atoms with Gasteiger partial charge in [-0.05, 0) is 49.8 Å².